The van der Waals surface area contributed by atoms with Gasteiger partial charge in [0.2, 0.25) is 0 Å². The smallest absolute Gasteiger partial charge is 0.138 e. The van der Waals surface area contributed by atoms with E-state index in [2.05, 4.69) is 140 Å². The van der Waals surface area contributed by atoms with Crippen LogP contribution >= 0.6 is 7.26 Å². The highest BCUT2D eigenvalue weighted by Crippen LogP contribution is 2.57. The third kappa shape index (κ3) is 5.48. The summed E-state index contributed by atoms with van der Waals surface area (Å²) in [6, 6.07) is 43.0. The summed E-state index contributed by atoms with van der Waals surface area (Å²) in [6.45, 7) is 4.18. The molecule has 0 aromatic heterocycles. The van der Waals surface area contributed by atoms with E-state index in [4.69, 9.17) is 5.10 Å². The second kappa shape index (κ2) is 10.9. The van der Waals surface area contributed by atoms with Gasteiger partial charge in [0, 0.05) is 12.1 Å². The van der Waals surface area contributed by atoms with Gasteiger partial charge in [0.1, 0.15) is 23.2 Å². The number of hydrogen-bond acceptors (Lipinski definition) is 2. The molecule has 4 aromatic carbocycles. The summed E-state index contributed by atoms with van der Waals surface area (Å²) in [5.41, 5.74) is 6.71. The van der Waals surface area contributed by atoms with E-state index < -0.39 is 7.26 Å². The van der Waals surface area contributed by atoms with Crippen LogP contribution in [0.3, 0.4) is 0 Å². The Morgan fingerprint density at radius 3 is 1.45 bits per heavy atom. The van der Waals surface area contributed by atoms with Crippen molar-refractivity contribution in [2.24, 2.45) is 5.10 Å². The number of hydrogen-bond donors (Lipinski definition) is 1. The SMILES string of the molecule is CC(=C[P+](c1ccccc1)(c1ccccc1)c1ccccc1)NN=C(C)Cc1ccccc1. The largest absolute Gasteiger partial charge is 0.280 e. The van der Waals surface area contributed by atoms with Crippen LogP contribution in [0.25, 0.3) is 0 Å². The van der Waals surface area contributed by atoms with E-state index in [1.165, 1.54) is 21.5 Å². The summed E-state index contributed by atoms with van der Waals surface area (Å²) >= 11 is 0. The summed E-state index contributed by atoms with van der Waals surface area (Å²) < 4.78 is 0. The highest BCUT2D eigenvalue weighted by molar-refractivity contribution is 7.98. The Hall–Kier alpha value is -3.48. The monoisotopic (exact) mass is 449 g/mol. The molecule has 33 heavy (non-hydrogen) atoms. The molecule has 0 spiro atoms. The van der Waals surface area contributed by atoms with Crippen LogP contribution in [-0.4, -0.2) is 5.71 Å². The normalized spacial score (nSPS) is 12.4. The minimum Gasteiger partial charge on any atom is -0.280 e. The Labute approximate surface area is 198 Å². The van der Waals surface area contributed by atoms with Gasteiger partial charge in [-0.1, -0.05) is 84.9 Å². The minimum atomic E-state index is -2.03. The van der Waals surface area contributed by atoms with E-state index in [0.29, 0.717) is 0 Å². The van der Waals surface area contributed by atoms with Crippen LogP contribution in [0.5, 0.6) is 0 Å². The van der Waals surface area contributed by atoms with Crippen molar-refractivity contribution >= 4 is 28.9 Å². The molecule has 0 heterocycles. The van der Waals surface area contributed by atoms with Crippen LogP contribution < -0.4 is 21.3 Å². The van der Waals surface area contributed by atoms with Gasteiger partial charge in [-0.05, 0) is 55.8 Å². The average molecular weight is 450 g/mol. The molecule has 0 radical (unpaired) electrons. The molecule has 0 aliphatic rings. The van der Waals surface area contributed by atoms with Crippen molar-refractivity contribution in [1.82, 2.24) is 5.43 Å². The van der Waals surface area contributed by atoms with Crippen LogP contribution in [0, 0.1) is 0 Å². The molecule has 0 bridgehead atoms. The molecule has 164 valence electrons. The first-order chi connectivity index (χ1) is 16.2. The Kier molecular flexibility index (Phi) is 7.50. The molecule has 0 fully saturated rings. The van der Waals surface area contributed by atoms with E-state index >= 15 is 0 Å². The molecule has 1 N–H and O–H groups in total. The van der Waals surface area contributed by atoms with Crippen LogP contribution in [-0.2, 0) is 6.42 Å². The third-order valence-electron chi connectivity index (χ3n) is 5.60. The first kappa shape index (κ1) is 22.7. The summed E-state index contributed by atoms with van der Waals surface area (Å²) in [5.74, 6) is 2.41. The maximum Gasteiger partial charge on any atom is 0.138 e. The topological polar surface area (TPSA) is 24.4 Å². The first-order valence-electron chi connectivity index (χ1n) is 11.3. The van der Waals surface area contributed by atoms with Crippen LogP contribution in [0.2, 0.25) is 0 Å². The highest BCUT2D eigenvalue weighted by atomic mass is 31.2. The molecular weight excluding hydrogens is 419 g/mol. The van der Waals surface area contributed by atoms with Gasteiger partial charge in [0.15, 0.2) is 0 Å². The molecule has 3 heteroatoms. The highest BCUT2D eigenvalue weighted by Gasteiger charge is 2.43. The lowest BCUT2D eigenvalue weighted by Gasteiger charge is -2.24. The van der Waals surface area contributed by atoms with E-state index in [1.807, 2.05) is 6.07 Å². The van der Waals surface area contributed by atoms with Gasteiger partial charge in [-0.3, -0.25) is 5.43 Å². The summed E-state index contributed by atoms with van der Waals surface area (Å²) in [4.78, 5) is 0. The number of rotatable bonds is 8. The second-order valence-corrected chi connectivity index (χ2v) is 11.4. The fraction of sp³-hybridized carbons (Fsp3) is 0.100. The molecule has 0 saturated heterocycles. The predicted octanol–water partition coefficient (Wildman–Crippen LogP) is 6.05. The summed E-state index contributed by atoms with van der Waals surface area (Å²) in [5, 5.41) is 8.68. The fourth-order valence-electron chi connectivity index (χ4n) is 4.09. The van der Waals surface area contributed by atoms with Gasteiger partial charge in [-0.2, -0.15) is 5.10 Å². The van der Waals surface area contributed by atoms with Gasteiger partial charge < -0.3 is 0 Å². The predicted molar refractivity (Wildman–Crippen MR) is 145 cm³/mol. The Morgan fingerprint density at radius 1 is 0.636 bits per heavy atom. The molecule has 0 aliphatic carbocycles. The molecule has 0 atom stereocenters. The van der Waals surface area contributed by atoms with Gasteiger partial charge in [-0.15, -0.1) is 0 Å². The second-order valence-electron chi connectivity index (χ2n) is 8.16. The molecule has 4 aromatic rings. The number of benzene rings is 4. The van der Waals surface area contributed by atoms with Crippen molar-refractivity contribution in [3.63, 3.8) is 0 Å². The Morgan fingerprint density at radius 2 is 1.03 bits per heavy atom. The van der Waals surface area contributed by atoms with E-state index in [9.17, 15) is 0 Å². The van der Waals surface area contributed by atoms with Crippen LogP contribution in [0.1, 0.15) is 19.4 Å². The molecule has 4 rings (SSSR count). The van der Waals surface area contributed by atoms with Crippen molar-refractivity contribution in [3.05, 3.63) is 138 Å². The first-order valence-corrected chi connectivity index (χ1v) is 13.1. The quantitative estimate of drug-likeness (QED) is 0.198. The number of nitrogens with zero attached hydrogens (tertiary/aromatic N) is 1. The number of nitrogens with one attached hydrogen (secondary N) is 1. The molecule has 0 amide bonds. The lowest BCUT2D eigenvalue weighted by molar-refractivity contribution is 0.882. The maximum absolute atomic E-state index is 4.70. The van der Waals surface area contributed by atoms with Gasteiger partial charge >= 0.3 is 0 Å². The Balaban J connectivity index is 1.76. The van der Waals surface area contributed by atoms with Crippen molar-refractivity contribution in [2.75, 3.05) is 0 Å². The van der Waals surface area contributed by atoms with Crippen molar-refractivity contribution in [3.8, 4) is 0 Å². The zero-order valence-electron chi connectivity index (χ0n) is 19.2. The van der Waals surface area contributed by atoms with Crippen molar-refractivity contribution in [2.45, 2.75) is 20.3 Å². The third-order valence-corrected chi connectivity index (χ3v) is 9.72. The van der Waals surface area contributed by atoms with Gasteiger partial charge in [0.25, 0.3) is 0 Å². The van der Waals surface area contributed by atoms with E-state index in [-0.39, 0.29) is 0 Å². The van der Waals surface area contributed by atoms with Crippen molar-refractivity contribution < 1.29 is 0 Å². The minimum absolute atomic E-state index is 0.831. The Bertz CT molecular complexity index is 1100. The average Bonchev–Trinajstić information content (AvgIpc) is 2.88. The molecule has 0 aliphatic heterocycles. The zero-order chi connectivity index (χ0) is 22.9. The fourth-order valence-corrected chi connectivity index (χ4v) is 8.00. The zero-order valence-corrected chi connectivity index (χ0v) is 20.1. The van der Waals surface area contributed by atoms with E-state index in [1.54, 1.807) is 0 Å². The maximum atomic E-state index is 4.70. The van der Waals surface area contributed by atoms with Crippen LogP contribution in [0.4, 0.5) is 0 Å². The number of allylic oxidation sites excluding steroid dienone is 1. The molecule has 2 nitrogen and oxygen atoms in total. The van der Waals surface area contributed by atoms with Gasteiger partial charge in [-0.25, -0.2) is 0 Å². The molecule has 0 saturated carbocycles. The summed E-state index contributed by atoms with van der Waals surface area (Å²) in [6.07, 6.45) is 0.831. The lowest BCUT2D eigenvalue weighted by Crippen LogP contribution is -2.30. The molecule has 0 unspecified atom stereocenters. The number of hydrazone groups is 1. The molecular formula is C30H30N2P+. The summed E-state index contributed by atoms with van der Waals surface area (Å²) in [7, 11) is -2.03. The van der Waals surface area contributed by atoms with Crippen molar-refractivity contribution in [1.29, 1.82) is 0 Å². The van der Waals surface area contributed by atoms with E-state index in [0.717, 1.165) is 17.8 Å². The van der Waals surface area contributed by atoms with Crippen LogP contribution in [0.15, 0.2) is 138 Å². The standard InChI is InChI=1S/C30H30N2P/c1-25(23-27-15-7-3-8-16-27)31-32-26(2)24-33(28-17-9-4-10-18-28,29-19-11-5-12-20-29)30-21-13-6-14-22-30/h3-22,24,32H,23H2,1-2H3/q+1. The lowest BCUT2D eigenvalue weighted by atomic mass is 10.1. The van der Waals surface area contributed by atoms with Gasteiger partial charge in [0.05, 0.1) is 11.5 Å².